The first-order valence-corrected chi connectivity index (χ1v) is 6.30. The summed E-state index contributed by atoms with van der Waals surface area (Å²) in [5, 5.41) is 1.55. The van der Waals surface area contributed by atoms with E-state index in [1.807, 2.05) is 0 Å². The lowest BCUT2D eigenvalue weighted by Crippen LogP contribution is -2.09. The lowest BCUT2D eigenvalue weighted by molar-refractivity contribution is 0.0527. The van der Waals surface area contributed by atoms with Gasteiger partial charge < -0.3 is 14.2 Å². The van der Waals surface area contributed by atoms with Crippen LogP contribution in [0.1, 0.15) is 23.0 Å². The van der Waals surface area contributed by atoms with Crippen LogP contribution < -0.4 is 9.47 Å². The molecule has 0 saturated carbocycles. The first-order chi connectivity index (χ1) is 9.62. The van der Waals surface area contributed by atoms with Crippen molar-refractivity contribution >= 4 is 16.7 Å². The Labute approximate surface area is 117 Å². The normalized spacial score (nSPS) is 10.4. The Morgan fingerprint density at radius 2 is 1.85 bits per heavy atom. The first kappa shape index (κ1) is 14.1. The summed E-state index contributed by atoms with van der Waals surface area (Å²) < 4.78 is 15.6. The zero-order valence-corrected chi connectivity index (χ0v) is 12.0. The number of hydrogen-bond acceptors (Lipinski definition) is 5. The highest BCUT2D eigenvalue weighted by Gasteiger charge is 2.18. The van der Waals surface area contributed by atoms with Gasteiger partial charge in [0.25, 0.3) is 0 Å². The van der Waals surface area contributed by atoms with Crippen molar-refractivity contribution in [3.63, 3.8) is 0 Å². The molecule has 0 unspecified atom stereocenters. The largest absolute Gasteiger partial charge is 0.493 e. The van der Waals surface area contributed by atoms with E-state index >= 15 is 0 Å². The van der Waals surface area contributed by atoms with Gasteiger partial charge >= 0.3 is 5.97 Å². The van der Waals surface area contributed by atoms with Crippen LogP contribution in [0.15, 0.2) is 18.3 Å². The summed E-state index contributed by atoms with van der Waals surface area (Å²) in [5.41, 5.74) is 1.09. The number of aryl methyl sites for hydroxylation is 1. The molecule has 1 heterocycles. The van der Waals surface area contributed by atoms with Crippen LogP contribution in [0.25, 0.3) is 10.8 Å². The average molecular weight is 275 g/mol. The quantitative estimate of drug-likeness (QED) is 0.803. The molecule has 0 amide bonds. The molecule has 1 aromatic heterocycles. The van der Waals surface area contributed by atoms with Gasteiger partial charge in [-0.15, -0.1) is 0 Å². The maximum absolute atomic E-state index is 12.1. The number of hydrogen-bond donors (Lipinski definition) is 0. The van der Waals surface area contributed by atoms with E-state index in [0.29, 0.717) is 29.4 Å². The number of ether oxygens (including phenoxy) is 3. The predicted molar refractivity (Wildman–Crippen MR) is 75.5 cm³/mol. The molecule has 5 heteroatoms. The zero-order valence-electron chi connectivity index (χ0n) is 12.0. The number of methoxy groups -OCH3 is 2. The molecule has 0 aliphatic rings. The van der Waals surface area contributed by atoms with E-state index in [4.69, 9.17) is 14.2 Å². The van der Waals surface area contributed by atoms with Gasteiger partial charge in [-0.05, 0) is 26.0 Å². The second kappa shape index (κ2) is 5.77. The Kier molecular flexibility index (Phi) is 4.08. The smallest absolute Gasteiger partial charge is 0.340 e. The molecule has 0 fully saturated rings. The van der Waals surface area contributed by atoms with Gasteiger partial charge in [-0.2, -0.15) is 0 Å². The van der Waals surface area contributed by atoms with E-state index < -0.39 is 0 Å². The van der Waals surface area contributed by atoms with E-state index in [9.17, 15) is 4.79 Å². The zero-order chi connectivity index (χ0) is 14.7. The van der Waals surface area contributed by atoms with E-state index in [-0.39, 0.29) is 5.97 Å². The molecule has 0 aliphatic heterocycles. The number of pyridine rings is 1. The third-order valence-electron chi connectivity index (χ3n) is 3.06. The number of carbonyl (C=O) groups excluding carboxylic acids is 1. The van der Waals surface area contributed by atoms with Crippen molar-refractivity contribution in [1.82, 2.24) is 4.98 Å². The van der Waals surface area contributed by atoms with Crippen molar-refractivity contribution in [2.75, 3.05) is 20.8 Å². The average Bonchev–Trinajstić information content (AvgIpc) is 2.45. The van der Waals surface area contributed by atoms with Gasteiger partial charge in [-0.25, -0.2) is 4.79 Å². The number of benzene rings is 1. The fraction of sp³-hybridized carbons (Fsp3) is 0.333. The summed E-state index contributed by atoms with van der Waals surface area (Å²) in [5.74, 6) is 0.784. The summed E-state index contributed by atoms with van der Waals surface area (Å²) in [6, 6.07) is 3.57. The van der Waals surface area contributed by atoms with Crippen LogP contribution in [0.2, 0.25) is 0 Å². The van der Waals surface area contributed by atoms with Gasteiger partial charge in [0.1, 0.15) is 0 Å². The van der Waals surface area contributed by atoms with Crippen LogP contribution in [0.3, 0.4) is 0 Å². The molecular weight excluding hydrogens is 258 g/mol. The summed E-state index contributed by atoms with van der Waals surface area (Å²) in [7, 11) is 3.12. The molecule has 0 aliphatic carbocycles. The highest BCUT2D eigenvalue weighted by Crippen LogP contribution is 2.34. The van der Waals surface area contributed by atoms with Crippen molar-refractivity contribution in [3.8, 4) is 11.5 Å². The van der Waals surface area contributed by atoms with Gasteiger partial charge in [0.2, 0.25) is 0 Å². The second-order valence-corrected chi connectivity index (χ2v) is 4.23. The highest BCUT2D eigenvalue weighted by molar-refractivity contribution is 6.06. The third-order valence-corrected chi connectivity index (χ3v) is 3.06. The number of nitrogens with zero attached hydrogens (tertiary/aromatic N) is 1. The molecule has 0 N–H and O–H groups in total. The first-order valence-electron chi connectivity index (χ1n) is 6.30. The van der Waals surface area contributed by atoms with E-state index in [0.717, 1.165) is 10.8 Å². The van der Waals surface area contributed by atoms with Crippen LogP contribution in [-0.4, -0.2) is 31.8 Å². The SMILES string of the molecule is CCOC(=O)c1c(C)ncc2cc(OC)c(OC)cc12. The van der Waals surface area contributed by atoms with E-state index in [1.165, 1.54) is 0 Å². The number of esters is 1. The van der Waals surface area contributed by atoms with E-state index in [1.54, 1.807) is 46.4 Å². The Balaban J connectivity index is 2.72. The fourth-order valence-corrected chi connectivity index (χ4v) is 2.10. The van der Waals surface area contributed by atoms with Gasteiger partial charge in [0.15, 0.2) is 11.5 Å². The Hall–Kier alpha value is -2.30. The minimum atomic E-state index is -0.379. The van der Waals surface area contributed by atoms with Gasteiger partial charge in [0.05, 0.1) is 32.1 Å². The Morgan fingerprint density at radius 3 is 2.45 bits per heavy atom. The standard InChI is InChI=1S/C15H17NO4/c1-5-20-15(17)14-9(2)16-8-10-6-12(18-3)13(19-4)7-11(10)14/h6-8H,5H2,1-4H3. The van der Waals surface area contributed by atoms with Crippen molar-refractivity contribution in [2.24, 2.45) is 0 Å². The maximum Gasteiger partial charge on any atom is 0.340 e. The number of rotatable bonds is 4. The fourth-order valence-electron chi connectivity index (χ4n) is 2.10. The maximum atomic E-state index is 12.1. The summed E-state index contributed by atoms with van der Waals surface area (Å²) in [6.45, 7) is 3.87. The van der Waals surface area contributed by atoms with Crippen LogP contribution in [0.4, 0.5) is 0 Å². The molecular formula is C15H17NO4. The van der Waals surface area contributed by atoms with E-state index in [2.05, 4.69) is 4.98 Å². The van der Waals surface area contributed by atoms with Crippen LogP contribution in [0.5, 0.6) is 11.5 Å². The second-order valence-electron chi connectivity index (χ2n) is 4.23. The molecule has 2 rings (SSSR count). The monoisotopic (exact) mass is 275 g/mol. The lowest BCUT2D eigenvalue weighted by Gasteiger charge is -2.12. The van der Waals surface area contributed by atoms with Crippen LogP contribution >= 0.6 is 0 Å². The molecule has 0 saturated heterocycles. The van der Waals surface area contributed by atoms with Crippen LogP contribution in [0, 0.1) is 6.92 Å². The minimum absolute atomic E-state index is 0.321. The molecule has 0 spiro atoms. The summed E-state index contributed by atoms with van der Waals surface area (Å²) in [4.78, 5) is 16.3. The molecule has 0 bridgehead atoms. The molecule has 106 valence electrons. The van der Waals surface area contributed by atoms with Gasteiger partial charge in [0, 0.05) is 17.0 Å². The number of aromatic nitrogens is 1. The van der Waals surface area contributed by atoms with Crippen molar-refractivity contribution < 1.29 is 19.0 Å². The predicted octanol–water partition coefficient (Wildman–Crippen LogP) is 2.74. The highest BCUT2D eigenvalue weighted by atomic mass is 16.5. The number of carbonyl (C=O) groups is 1. The summed E-state index contributed by atoms with van der Waals surface area (Å²) in [6.07, 6.45) is 1.70. The lowest BCUT2D eigenvalue weighted by atomic mass is 10.0. The minimum Gasteiger partial charge on any atom is -0.493 e. The summed E-state index contributed by atoms with van der Waals surface area (Å²) >= 11 is 0. The van der Waals surface area contributed by atoms with Crippen molar-refractivity contribution in [3.05, 3.63) is 29.6 Å². The van der Waals surface area contributed by atoms with Crippen molar-refractivity contribution in [2.45, 2.75) is 13.8 Å². The third kappa shape index (κ3) is 2.39. The van der Waals surface area contributed by atoms with Gasteiger partial charge in [-0.3, -0.25) is 4.98 Å². The number of fused-ring (bicyclic) bond motifs is 1. The Morgan fingerprint density at radius 1 is 1.20 bits per heavy atom. The van der Waals surface area contributed by atoms with Crippen LogP contribution in [-0.2, 0) is 4.74 Å². The molecule has 0 radical (unpaired) electrons. The molecule has 5 nitrogen and oxygen atoms in total. The van der Waals surface area contributed by atoms with Crippen molar-refractivity contribution in [1.29, 1.82) is 0 Å². The molecule has 2 aromatic rings. The Bertz CT molecular complexity index is 652. The topological polar surface area (TPSA) is 57.7 Å². The molecule has 1 aromatic carbocycles. The molecule has 20 heavy (non-hydrogen) atoms. The molecule has 0 atom stereocenters. The van der Waals surface area contributed by atoms with Gasteiger partial charge in [-0.1, -0.05) is 0 Å².